The number of nitrogen functional groups attached to an aromatic ring is 1. The van der Waals surface area contributed by atoms with Gasteiger partial charge >= 0.3 is 0 Å². The molecule has 0 fully saturated rings. The smallest absolute Gasteiger partial charge is 0.142 e. The van der Waals surface area contributed by atoms with Gasteiger partial charge in [0.15, 0.2) is 0 Å². The van der Waals surface area contributed by atoms with Crippen molar-refractivity contribution in [1.29, 1.82) is 0 Å². The minimum absolute atomic E-state index is 0.429. The Morgan fingerprint density at radius 3 is 2.83 bits per heavy atom. The van der Waals surface area contributed by atoms with E-state index in [9.17, 15) is 0 Å². The lowest BCUT2D eigenvalue weighted by atomic mass is 10.1. The van der Waals surface area contributed by atoms with Crippen LogP contribution in [0.5, 0.6) is 5.75 Å². The van der Waals surface area contributed by atoms with Gasteiger partial charge in [-0.05, 0) is 45.3 Å². The highest BCUT2D eigenvalue weighted by Gasteiger charge is 2.13. The van der Waals surface area contributed by atoms with Crippen LogP contribution in [0.3, 0.4) is 0 Å². The minimum atomic E-state index is 0.429. The second-order valence-corrected chi connectivity index (χ2v) is 7.27. The zero-order valence-electron chi connectivity index (χ0n) is 16.9. The molecule has 0 amide bonds. The van der Waals surface area contributed by atoms with Crippen LogP contribution in [0.4, 0.5) is 5.82 Å². The van der Waals surface area contributed by atoms with Crippen LogP contribution in [0.2, 0.25) is 0 Å². The van der Waals surface area contributed by atoms with E-state index in [4.69, 9.17) is 10.5 Å². The lowest BCUT2D eigenvalue weighted by Crippen LogP contribution is -2.15. The van der Waals surface area contributed by atoms with Crippen molar-refractivity contribution in [3.8, 4) is 28.3 Å². The zero-order chi connectivity index (χ0) is 20.4. The molecular weight excluding hydrogens is 366 g/mol. The fraction of sp³-hybridized carbons (Fsp3) is 0.286. The molecule has 0 bridgehead atoms. The summed E-state index contributed by atoms with van der Waals surface area (Å²) in [4.78, 5) is 14.5. The first-order chi connectivity index (χ1) is 14.0. The number of anilines is 1. The van der Waals surface area contributed by atoms with E-state index in [0.29, 0.717) is 11.6 Å². The number of benzene rings is 1. The lowest BCUT2D eigenvalue weighted by molar-refractivity contribution is 0.380. The third-order valence-electron chi connectivity index (χ3n) is 4.82. The molecule has 0 saturated heterocycles. The maximum Gasteiger partial charge on any atom is 0.142 e. The van der Waals surface area contributed by atoms with Crippen molar-refractivity contribution in [1.82, 2.24) is 29.6 Å². The maximum atomic E-state index is 6.16. The Labute approximate surface area is 169 Å². The molecule has 8 heteroatoms. The van der Waals surface area contributed by atoms with E-state index >= 15 is 0 Å². The summed E-state index contributed by atoms with van der Waals surface area (Å²) in [5.74, 6) is 1.88. The number of pyridine rings is 1. The molecule has 4 rings (SSSR count). The maximum absolute atomic E-state index is 6.16. The van der Waals surface area contributed by atoms with Crippen LogP contribution in [0.25, 0.3) is 33.5 Å². The molecule has 1 aromatic carbocycles. The van der Waals surface area contributed by atoms with Gasteiger partial charge in [0.05, 0.1) is 29.9 Å². The van der Waals surface area contributed by atoms with Crippen LogP contribution in [0, 0.1) is 0 Å². The molecule has 0 saturated carbocycles. The van der Waals surface area contributed by atoms with Gasteiger partial charge < -0.3 is 20.4 Å². The first kappa shape index (κ1) is 18.9. The summed E-state index contributed by atoms with van der Waals surface area (Å²) >= 11 is 0. The highest BCUT2D eigenvalue weighted by atomic mass is 16.5. The monoisotopic (exact) mass is 391 g/mol. The van der Waals surface area contributed by atoms with Gasteiger partial charge in [0.25, 0.3) is 0 Å². The van der Waals surface area contributed by atoms with Crippen molar-refractivity contribution in [2.75, 3.05) is 33.5 Å². The number of aromatic amines is 1. The molecule has 150 valence electrons. The number of fused-ring (bicyclic) bond motifs is 1. The normalized spacial score (nSPS) is 11.4. The van der Waals surface area contributed by atoms with Crippen molar-refractivity contribution in [3.05, 3.63) is 42.9 Å². The molecule has 0 atom stereocenters. The Balaban J connectivity index is 1.62. The van der Waals surface area contributed by atoms with Crippen LogP contribution < -0.4 is 10.5 Å². The lowest BCUT2D eigenvalue weighted by Gasteiger charge is -2.08. The van der Waals surface area contributed by atoms with Crippen molar-refractivity contribution in [2.24, 2.45) is 0 Å². The highest BCUT2D eigenvalue weighted by Crippen LogP contribution is 2.30. The topological polar surface area (TPSA) is 97.9 Å². The summed E-state index contributed by atoms with van der Waals surface area (Å²) in [5.41, 5.74) is 10.6. The SMILES string of the molecule is COc1ccc2nc(-c3cc(-c4cnn(CCCN(C)C)c4)cnc3N)[nH]c2c1. The number of nitrogens with two attached hydrogens (primary N) is 1. The summed E-state index contributed by atoms with van der Waals surface area (Å²) in [6.45, 7) is 1.90. The van der Waals surface area contributed by atoms with E-state index in [1.807, 2.05) is 41.3 Å². The quantitative estimate of drug-likeness (QED) is 0.502. The van der Waals surface area contributed by atoms with Gasteiger partial charge in [-0.3, -0.25) is 4.68 Å². The van der Waals surface area contributed by atoms with Crippen LogP contribution in [-0.2, 0) is 6.54 Å². The predicted octanol–water partition coefficient (Wildman–Crippen LogP) is 3.03. The van der Waals surface area contributed by atoms with Gasteiger partial charge in [0.1, 0.15) is 17.4 Å². The molecule has 0 aliphatic carbocycles. The first-order valence-corrected chi connectivity index (χ1v) is 9.50. The average Bonchev–Trinajstić information content (AvgIpc) is 3.34. The van der Waals surface area contributed by atoms with Crippen LogP contribution in [-0.4, -0.2) is 57.4 Å². The molecule has 0 aliphatic rings. The van der Waals surface area contributed by atoms with Crippen LogP contribution >= 0.6 is 0 Å². The van der Waals surface area contributed by atoms with E-state index in [1.54, 1.807) is 13.3 Å². The van der Waals surface area contributed by atoms with Gasteiger partial charge in [-0.15, -0.1) is 0 Å². The summed E-state index contributed by atoms with van der Waals surface area (Å²) in [6.07, 6.45) is 6.71. The fourth-order valence-electron chi connectivity index (χ4n) is 3.25. The summed E-state index contributed by atoms with van der Waals surface area (Å²) in [7, 11) is 5.79. The number of methoxy groups -OCH3 is 1. The molecule has 3 heterocycles. The Morgan fingerprint density at radius 1 is 1.17 bits per heavy atom. The molecule has 0 aliphatic heterocycles. The number of aromatic nitrogens is 5. The molecule has 4 aromatic rings. The number of nitrogens with zero attached hydrogens (tertiary/aromatic N) is 5. The second-order valence-electron chi connectivity index (χ2n) is 7.27. The average molecular weight is 391 g/mol. The Morgan fingerprint density at radius 2 is 2.03 bits per heavy atom. The number of hydrogen-bond donors (Lipinski definition) is 2. The molecule has 8 nitrogen and oxygen atoms in total. The van der Waals surface area contributed by atoms with Crippen LogP contribution in [0.1, 0.15) is 6.42 Å². The minimum Gasteiger partial charge on any atom is -0.497 e. The van der Waals surface area contributed by atoms with Gasteiger partial charge in [0.2, 0.25) is 0 Å². The number of rotatable bonds is 7. The van der Waals surface area contributed by atoms with Crippen molar-refractivity contribution in [3.63, 3.8) is 0 Å². The molecule has 0 radical (unpaired) electrons. The third-order valence-corrected chi connectivity index (χ3v) is 4.82. The summed E-state index contributed by atoms with van der Waals surface area (Å²) < 4.78 is 7.25. The van der Waals surface area contributed by atoms with E-state index in [-0.39, 0.29) is 0 Å². The van der Waals surface area contributed by atoms with Gasteiger partial charge in [-0.1, -0.05) is 0 Å². The number of imidazole rings is 1. The Hall–Kier alpha value is -3.39. The zero-order valence-corrected chi connectivity index (χ0v) is 16.9. The molecule has 0 unspecified atom stereocenters. The number of nitrogens with one attached hydrogen (secondary N) is 1. The molecule has 0 spiro atoms. The first-order valence-electron chi connectivity index (χ1n) is 9.50. The van der Waals surface area contributed by atoms with Gasteiger partial charge in [-0.2, -0.15) is 5.10 Å². The summed E-state index contributed by atoms with van der Waals surface area (Å²) in [6, 6.07) is 7.71. The van der Waals surface area contributed by atoms with E-state index < -0.39 is 0 Å². The molecule has 3 N–H and O–H groups in total. The van der Waals surface area contributed by atoms with Crippen molar-refractivity contribution >= 4 is 16.9 Å². The number of ether oxygens (including phenoxy) is 1. The van der Waals surface area contributed by atoms with Crippen molar-refractivity contribution < 1.29 is 4.74 Å². The van der Waals surface area contributed by atoms with Gasteiger partial charge in [0, 0.05) is 36.1 Å². The second kappa shape index (κ2) is 7.92. The summed E-state index contributed by atoms with van der Waals surface area (Å²) in [5, 5.41) is 4.47. The predicted molar refractivity (Wildman–Crippen MR) is 115 cm³/mol. The van der Waals surface area contributed by atoms with Gasteiger partial charge in [-0.25, -0.2) is 9.97 Å². The Kier molecular flexibility index (Phi) is 5.18. The van der Waals surface area contributed by atoms with E-state index in [1.165, 1.54) is 0 Å². The van der Waals surface area contributed by atoms with Crippen molar-refractivity contribution in [2.45, 2.75) is 13.0 Å². The standard InChI is InChI=1S/C21H25N7O/c1-27(2)7-4-8-28-13-15(12-24-28)14-9-17(20(22)23-11-14)21-25-18-6-5-16(29-3)10-19(18)26-21/h5-6,9-13H,4,7-8H2,1-3H3,(H2,22,23)(H,25,26). The van der Waals surface area contributed by atoms with E-state index in [2.05, 4.69) is 39.0 Å². The third kappa shape index (κ3) is 4.07. The number of aryl methyl sites for hydroxylation is 1. The molecule has 29 heavy (non-hydrogen) atoms. The number of H-pyrrole nitrogens is 1. The highest BCUT2D eigenvalue weighted by molar-refractivity contribution is 5.84. The Bertz CT molecular complexity index is 1130. The largest absolute Gasteiger partial charge is 0.497 e. The van der Waals surface area contributed by atoms with Crippen LogP contribution in [0.15, 0.2) is 42.9 Å². The molecule has 3 aromatic heterocycles. The molecular formula is C21H25N7O. The number of hydrogen-bond acceptors (Lipinski definition) is 6. The van der Waals surface area contributed by atoms with E-state index in [0.717, 1.165) is 53.0 Å². The fourth-order valence-corrected chi connectivity index (χ4v) is 3.25.